The molecule has 0 radical (unpaired) electrons. The first-order valence-electron chi connectivity index (χ1n) is 12.1. The second-order valence-electron chi connectivity index (χ2n) is 9.03. The number of amides is 1. The molecule has 0 aliphatic carbocycles. The fraction of sp³-hybridized carbons (Fsp3) is 0.423. The smallest absolute Gasteiger partial charge is 0.256 e. The molecule has 2 atom stereocenters. The predicted octanol–water partition coefficient (Wildman–Crippen LogP) is 4.28. The van der Waals surface area contributed by atoms with Crippen molar-refractivity contribution < 1.29 is 27.4 Å². The molecule has 2 aliphatic rings. The summed E-state index contributed by atoms with van der Waals surface area (Å²) in [7, 11) is 0. The number of nitrogens with zero attached hydrogens (tertiary/aromatic N) is 1. The number of hydrogen-bond donors (Lipinski definition) is 3. The Morgan fingerprint density at radius 1 is 1.35 bits per heavy atom. The summed E-state index contributed by atoms with van der Waals surface area (Å²) in [6, 6.07) is 5.63. The van der Waals surface area contributed by atoms with E-state index in [1.54, 1.807) is 12.4 Å². The van der Waals surface area contributed by atoms with Crippen molar-refractivity contribution >= 4 is 28.8 Å². The maximum Gasteiger partial charge on any atom is 0.256 e. The maximum atomic E-state index is 14.3. The standard InChI is InChI=1S/C26H29F3N4O3S/c1-15-10-21(31-12-16-7-8-30-13-22(16)36-14-17-4-3-9-35-17)24(25(34)32-15)26(37)33-20-6-2-5-19(27)18(20)11-23(28)29/h2,5-8,13,15,17,23,31H,3-4,9-12,14H2,1H3,(H,32,34)(H,33,37)/t15-,17+/m1/s1. The largest absolute Gasteiger partial charge is 0.489 e. The van der Waals surface area contributed by atoms with Gasteiger partial charge in [0, 0.05) is 60.7 Å². The van der Waals surface area contributed by atoms with E-state index in [4.69, 9.17) is 21.7 Å². The summed E-state index contributed by atoms with van der Waals surface area (Å²) in [5, 5.41) is 8.95. The average Bonchev–Trinajstić information content (AvgIpc) is 3.37. The topological polar surface area (TPSA) is 84.5 Å². The maximum absolute atomic E-state index is 14.3. The summed E-state index contributed by atoms with van der Waals surface area (Å²) in [6.07, 6.45) is 2.26. The Kier molecular flexibility index (Phi) is 8.99. The SMILES string of the molecule is C[C@@H]1CC(NCc2ccncc2OC[C@@H]2CCCO2)=C(C(=S)Nc2cccc(F)c2CC(F)F)C(=O)N1. The van der Waals surface area contributed by atoms with E-state index in [0.29, 0.717) is 31.0 Å². The molecule has 3 N–H and O–H groups in total. The number of carbonyl (C=O) groups is 1. The fourth-order valence-corrected chi connectivity index (χ4v) is 4.69. The highest BCUT2D eigenvalue weighted by Crippen LogP contribution is 2.26. The number of ether oxygens (including phenoxy) is 2. The number of carbonyl (C=O) groups excluding carboxylic acids is 1. The van der Waals surface area contributed by atoms with E-state index in [1.807, 2.05) is 13.0 Å². The number of thiocarbonyl (C=S) groups is 1. The van der Waals surface area contributed by atoms with Crippen LogP contribution in [0.15, 0.2) is 47.9 Å². The molecule has 1 saturated heterocycles. The van der Waals surface area contributed by atoms with Crippen LogP contribution in [0.1, 0.15) is 37.3 Å². The minimum absolute atomic E-state index is 0.0117. The van der Waals surface area contributed by atoms with Crippen molar-refractivity contribution in [1.29, 1.82) is 0 Å². The molecule has 2 aromatic rings. The first-order valence-corrected chi connectivity index (χ1v) is 12.5. The highest BCUT2D eigenvalue weighted by atomic mass is 32.1. The zero-order valence-corrected chi connectivity index (χ0v) is 21.2. The van der Waals surface area contributed by atoms with Crippen LogP contribution in [0.3, 0.4) is 0 Å². The lowest BCUT2D eigenvalue weighted by molar-refractivity contribution is -0.118. The normalized spacial score (nSPS) is 19.6. The molecule has 3 heterocycles. The monoisotopic (exact) mass is 534 g/mol. The molecule has 1 amide bonds. The summed E-state index contributed by atoms with van der Waals surface area (Å²) in [5.74, 6) is -0.566. The number of rotatable bonds is 10. The van der Waals surface area contributed by atoms with Crippen molar-refractivity contribution in [2.24, 2.45) is 0 Å². The highest BCUT2D eigenvalue weighted by molar-refractivity contribution is 7.81. The van der Waals surface area contributed by atoms with Crippen LogP contribution in [-0.2, 0) is 22.5 Å². The molecule has 1 fully saturated rings. The van der Waals surface area contributed by atoms with Gasteiger partial charge in [-0.25, -0.2) is 13.2 Å². The lowest BCUT2D eigenvalue weighted by Gasteiger charge is -2.27. The zero-order chi connectivity index (χ0) is 26.4. The van der Waals surface area contributed by atoms with Crippen LogP contribution in [0.4, 0.5) is 18.9 Å². The number of aromatic nitrogens is 1. The van der Waals surface area contributed by atoms with Gasteiger partial charge < -0.3 is 25.4 Å². The lowest BCUT2D eigenvalue weighted by atomic mass is 10.0. The molecule has 1 aromatic carbocycles. The van der Waals surface area contributed by atoms with E-state index in [1.165, 1.54) is 12.1 Å². The van der Waals surface area contributed by atoms with Gasteiger partial charge in [0.25, 0.3) is 5.91 Å². The molecule has 7 nitrogen and oxygen atoms in total. The first kappa shape index (κ1) is 26.9. The number of alkyl halides is 2. The summed E-state index contributed by atoms with van der Waals surface area (Å²) < 4.78 is 51.9. The molecule has 1 aromatic heterocycles. The van der Waals surface area contributed by atoms with Crippen LogP contribution in [0.25, 0.3) is 0 Å². The van der Waals surface area contributed by atoms with Crippen molar-refractivity contribution in [3.05, 3.63) is 64.9 Å². The quantitative estimate of drug-likeness (QED) is 0.393. The molecule has 198 valence electrons. The number of pyridine rings is 1. The van der Waals surface area contributed by atoms with E-state index < -0.39 is 24.6 Å². The summed E-state index contributed by atoms with van der Waals surface area (Å²) in [6.45, 7) is 3.36. The molecule has 37 heavy (non-hydrogen) atoms. The van der Waals surface area contributed by atoms with E-state index in [0.717, 1.165) is 31.1 Å². The molecule has 0 spiro atoms. The third-order valence-corrected chi connectivity index (χ3v) is 6.49. The molecule has 0 saturated carbocycles. The van der Waals surface area contributed by atoms with Crippen LogP contribution in [0, 0.1) is 5.82 Å². The van der Waals surface area contributed by atoms with Crippen LogP contribution < -0.4 is 20.7 Å². The average molecular weight is 535 g/mol. The zero-order valence-electron chi connectivity index (χ0n) is 20.4. The first-order chi connectivity index (χ1) is 17.8. The third kappa shape index (κ3) is 6.98. The van der Waals surface area contributed by atoms with Crippen molar-refractivity contribution in [3.8, 4) is 5.75 Å². The van der Waals surface area contributed by atoms with Gasteiger partial charge in [0.15, 0.2) is 0 Å². The fourth-order valence-electron chi connectivity index (χ4n) is 4.36. The Balaban J connectivity index is 1.53. The van der Waals surface area contributed by atoms with Crippen molar-refractivity contribution in [2.45, 2.75) is 57.7 Å². The van der Waals surface area contributed by atoms with Crippen molar-refractivity contribution in [2.75, 3.05) is 18.5 Å². The van der Waals surface area contributed by atoms with Crippen LogP contribution in [0.5, 0.6) is 5.75 Å². The molecular weight excluding hydrogens is 505 g/mol. The summed E-state index contributed by atoms with van der Waals surface area (Å²) in [4.78, 5) is 17.1. The number of benzene rings is 1. The van der Waals surface area contributed by atoms with Crippen molar-refractivity contribution in [3.63, 3.8) is 0 Å². The van der Waals surface area contributed by atoms with E-state index in [-0.39, 0.29) is 34.0 Å². The molecule has 11 heteroatoms. The minimum Gasteiger partial charge on any atom is -0.489 e. The Labute approximate surface area is 218 Å². The number of anilines is 1. The molecular formula is C26H29F3N4O3S. The predicted molar refractivity (Wildman–Crippen MR) is 137 cm³/mol. The molecule has 2 aliphatic heterocycles. The molecule has 0 bridgehead atoms. The molecule has 0 unspecified atom stereocenters. The Morgan fingerprint density at radius 3 is 2.95 bits per heavy atom. The summed E-state index contributed by atoms with van der Waals surface area (Å²) in [5.41, 5.74) is 1.51. The van der Waals surface area contributed by atoms with Crippen LogP contribution in [0.2, 0.25) is 0 Å². The third-order valence-electron chi connectivity index (χ3n) is 6.18. The van der Waals surface area contributed by atoms with Crippen LogP contribution >= 0.6 is 12.2 Å². The lowest BCUT2D eigenvalue weighted by Crippen LogP contribution is -2.44. The minimum atomic E-state index is -2.74. The van der Waals surface area contributed by atoms with Gasteiger partial charge in [-0.05, 0) is 38.0 Å². The van der Waals surface area contributed by atoms with Gasteiger partial charge in [-0.2, -0.15) is 0 Å². The van der Waals surface area contributed by atoms with Gasteiger partial charge in [0.05, 0.1) is 17.9 Å². The van der Waals surface area contributed by atoms with E-state index >= 15 is 0 Å². The number of nitrogens with one attached hydrogen (secondary N) is 3. The van der Waals surface area contributed by atoms with Crippen molar-refractivity contribution in [1.82, 2.24) is 15.6 Å². The summed E-state index contributed by atoms with van der Waals surface area (Å²) >= 11 is 5.50. The number of hydrogen-bond acceptors (Lipinski definition) is 6. The van der Waals surface area contributed by atoms with Crippen LogP contribution in [-0.4, -0.2) is 47.7 Å². The van der Waals surface area contributed by atoms with E-state index in [9.17, 15) is 18.0 Å². The second kappa shape index (κ2) is 12.4. The van der Waals surface area contributed by atoms with Gasteiger partial charge in [-0.1, -0.05) is 18.3 Å². The number of halogens is 3. The van der Waals surface area contributed by atoms with E-state index in [2.05, 4.69) is 20.9 Å². The molecule has 4 rings (SSSR count). The Morgan fingerprint density at radius 2 is 2.19 bits per heavy atom. The highest BCUT2D eigenvalue weighted by Gasteiger charge is 2.28. The van der Waals surface area contributed by atoms with Gasteiger partial charge in [0.2, 0.25) is 6.43 Å². The Bertz CT molecular complexity index is 1170. The van der Waals surface area contributed by atoms with Gasteiger partial charge in [-0.15, -0.1) is 0 Å². The van der Waals surface area contributed by atoms with Gasteiger partial charge in [-0.3, -0.25) is 9.78 Å². The van der Waals surface area contributed by atoms with Gasteiger partial charge >= 0.3 is 0 Å². The second-order valence-corrected chi connectivity index (χ2v) is 9.44. The Hall–Kier alpha value is -3.18. The van der Waals surface area contributed by atoms with Gasteiger partial charge in [0.1, 0.15) is 23.2 Å².